The summed E-state index contributed by atoms with van der Waals surface area (Å²) in [5, 5.41) is 0. The van der Waals surface area contributed by atoms with Gasteiger partial charge in [-0.1, -0.05) is 24.3 Å². The minimum Gasteiger partial charge on any atom is -0.497 e. The number of aromatic nitrogens is 3. The molecule has 0 radical (unpaired) electrons. The standard InChI is InChI=1S/C23H24N4O4/c1-14(13-29-2)31-23(28)19-20-22(26-18-7-5-4-6-17(18)25-20)27(21(19)24)12-15-8-10-16(30-3)11-9-15/h4-11,14H,12-13,24H2,1-3H3. The Morgan fingerprint density at radius 2 is 1.74 bits per heavy atom. The molecule has 0 saturated carbocycles. The van der Waals surface area contributed by atoms with E-state index >= 15 is 0 Å². The van der Waals surface area contributed by atoms with E-state index in [9.17, 15) is 4.79 Å². The van der Waals surface area contributed by atoms with Crippen molar-refractivity contribution < 1.29 is 19.0 Å². The zero-order chi connectivity index (χ0) is 22.0. The van der Waals surface area contributed by atoms with Crippen molar-refractivity contribution in [2.75, 3.05) is 26.6 Å². The van der Waals surface area contributed by atoms with Gasteiger partial charge in [0.1, 0.15) is 28.8 Å². The third kappa shape index (κ3) is 4.02. The molecule has 160 valence electrons. The molecule has 1 unspecified atom stereocenters. The van der Waals surface area contributed by atoms with E-state index in [4.69, 9.17) is 24.9 Å². The Morgan fingerprint density at radius 3 is 2.39 bits per heavy atom. The molecule has 4 aromatic rings. The van der Waals surface area contributed by atoms with Crippen LogP contribution in [-0.4, -0.2) is 47.4 Å². The van der Waals surface area contributed by atoms with E-state index in [1.807, 2.05) is 48.5 Å². The Morgan fingerprint density at radius 1 is 1.06 bits per heavy atom. The Balaban J connectivity index is 1.84. The molecule has 0 spiro atoms. The Kier molecular flexibility index (Phi) is 5.73. The van der Waals surface area contributed by atoms with Crippen molar-refractivity contribution >= 4 is 34.0 Å². The Hall–Kier alpha value is -3.65. The predicted molar refractivity (Wildman–Crippen MR) is 118 cm³/mol. The second kappa shape index (κ2) is 8.61. The van der Waals surface area contributed by atoms with Crippen molar-refractivity contribution in [1.29, 1.82) is 0 Å². The average Bonchev–Trinajstić information content (AvgIpc) is 3.03. The van der Waals surface area contributed by atoms with E-state index in [1.165, 1.54) is 0 Å². The van der Waals surface area contributed by atoms with E-state index in [1.54, 1.807) is 25.7 Å². The predicted octanol–water partition coefficient (Wildman–Crippen LogP) is 3.42. The number of hydrogen-bond acceptors (Lipinski definition) is 7. The van der Waals surface area contributed by atoms with Gasteiger partial charge >= 0.3 is 5.97 Å². The third-order valence-corrected chi connectivity index (χ3v) is 5.01. The highest BCUT2D eigenvalue weighted by atomic mass is 16.6. The molecule has 0 amide bonds. The van der Waals surface area contributed by atoms with E-state index < -0.39 is 12.1 Å². The maximum absolute atomic E-state index is 13.0. The number of ether oxygens (including phenoxy) is 3. The molecule has 1 atom stereocenters. The van der Waals surface area contributed by atoms with Crippen LogP contribution in [0.25, 0.3) is 22.2 Å². The molecule has 31 heavy (non-hydrogen) atoms. The van der Waals surface area contributed by atoms with Crippen LogP contribution in [0.15, 0.2) is 48.5 Å². The first-order valence-electron chi connectivity index (χ1n) is 9.89. The molecule has 8 nitrogen and oxygen atoms in total. The maximum Gasteiger partial charge on any atom is 0.344 e. The van der Waals surface area contributed by atoms with Crippen LogP contribution in [-0.2, 0) is 16.0 Å². The number of fused-ring (bicyclic) bond motifs is 2. The number of carbonyl (C=O) groups is 1. The van der Waals surface area contributed by atoms with E-state index in [2.05, 4.69) is 4.98 Å². The molecule has 0 bridgehead atoms. The molecule has 0 saturated heterocycles. The normalized spacial score (nSPS) is 12.2. The van der Waals surface area contributed by atoms with Gasteiger partial charge in [0.2, 0.25) is 0 Å². The smallest absolute Gasteiger partial charge is 0.344 e. The number of methoxy groups -OCH3 is 2. The van der Waals surface area contributed by atoms with Gasteiger partial charge in [0.05, 0.1) is 31.3 Å². The van der Waals surface area contributed by atoms with Crippen LogP contribution in [0.5, 0.6) is 5.75 Å². The minimum absolute atomic E-state index is 0.213. The fourth-order valence-electron chi connectivity index (χ4n) is 3.50. The summed E-state index contributed by atoms with van der Waals surface area (Å²) < 4.78 is 17.6. The van der Waals surface area contributed by atoms with Crippen LogP contribution in [0.3, 0.4) is 0 Å². The van der Waals surface area contributed by atoms with Gasteiger partial charge in [-0.25, -0.2) is 14.8 Å². The highest BCUT2D eigenvalue weighted by Gasteiger charge is 2.26. The van der Waals surface area contributed by atoms with Crippen molar-refractivity contribution in [3.63, 3.8) is 0 Å². The molecule has 0 aliphatic heterocycles. The number of anilines is 1. The number of carbonyl (C=O) groups excluding carboxylic acids is 1. The molecule has 0 aliphatic rings. The summed E-state index contributed by atoms with van der Waals surface area (Å²) in [6.07, 6.45) is -0.426. The quantitative estimate of drug-likeness (QED) is 0.457. The third-order valence-electron chi connectivity index (χ3n) is 5.01. The number of hydrogen-bond donors (Lipinski definition) is 1. The summed E-state index contributed by atoms with van der Waals surface area (Å²) in [6, 6.07) is 15.1. The van der Waals surface area contributed by atoms with Crippen molar-refractivity contribution in [1.82, 2.24) is 14.5 Å². The summed E-state index contributed by atoms with van der Waals surface area (Å²) in [6.45, 7) is 2.46. The van der Waals surface area contributed by atoms with Crippen molar-refractivity contribution in [2.45, 2.75) is 19.6 Å². The van der Waals surface area contributed by atoms with Crippen LogP contribution in [0, 0.1) is 0 Å². The Bertz CT molecular complexity index is 1230. The lowest BCUT2D eigenvalue weighted by atomic mass is 10.2. The fourth-order valence-corrected chi connectivity index (χ4v) is 3.50. The van der Waals surface area contributed by atoms with Crippen LogP contribution < -0.4 is 10.5 Å². The molecule has 0 fully saturated rings. The summed E-state index contributed by atoms with van der Waals surface area (Å²) in [5.41, 5.74) is 9.99. The molecule has 2 N–H and O–H groups in total. The lowest BCUT2D eigenvalue weighted by molar-refractivity contribution is 0.0123. The van der Waals surface area contributed by atoms with E-state index in [0.717, 1.165) is 16.8 Å². The molecule has 4 rings (SSSR count). The average molecular weight is 420 g/mol. The van der Waals surface area contributed by atoms with Gasteiger partial charge in [-0.3, -0.25) is 0 Å². The van der Waals surface area contributed by atoms with Gasteiger partial charge in [-0.05, 0) is 36.8 Å². The van der Waals surface area contributed by atoms with Gasteiger partial charge in [-0.2, -0.15) is 0 Å². The van der Waals surface area contributed by atoms with E-state index in [-0.39, 0.29) is 18.0 Å². The maximum atomic E-state index is 13.0. The largest absolute Gasteiger partial charge is 0.497 e. The SMILES string of the molecule is COCC(C)OC(=O)c1c(N)n(Cc2ccc(OC)cc2)c2nc3ccccc3nc12. The lowest BCUT2D eigenvalue weighted by Gasteiger charge is -2.12. The second-order valence-corrected chi connectivity index (χ2v) is 7.25. The Labute approximate surface area is 179 Å². The summed E-state index contributed by atoms with van der Waals surface area (Å²) in [4.78, 5) is 22.4. The first-order valence-corrected chi connectivity index (χ1v) is 9.89. The molecule has 2 heterocycles. The molecule has 2 aromatic carbocycles. The van der Waals surface area contributed by atoms with Crippen LogP contribution in [0.1, 0.15) is 22.8 Å². The highest BCUT2D eigenvalue weighted by molar-refractivity contribution is 6.08. The number of nitrogen functional groups attached to an aromatic ring is 1. The van der Waals surface area contributed by atoms with Gasteiger partial charge < -0.3 is 24.5 Å². The summed E-state index contributed by atoms with van der Waals surface area (Å²) >= 11 is 0. The number of benzene rings is 2. The van der Waals surface area contributed by atoms with Crippen molar-refractivity contribution in [3.8, 4) is 5.75 Å². The molecule has 8 heteroatoms. The van der Waals surface area contributed by atoms with E-state index in [0.29, 0.717) is 23.2 Å². The van der Waals surface area contributed by atoms with Crippen LogP contribution >= 0.6 is 0 Å². The monoisotopic (exact) mass is 420 g/mol. The summed E-state index contributed by atoms with van der Waals surface area (Å²) in [7, 11) is 3.17. The number of nitrogens with two attached hydrogens (primary N) is 1. The molecule has 0 aliphatic carbocycles. The van der Waals surface area contributed by atoms with Gasteiger partial charge in [0.15, 0.2) is 5.65 Å². The first kappa shape index (κ1) is 20.6. The summed E-state index contributed by atoms with van der Waals surface area (Å²) in [5.74, 6) is 0.470. The van der Waals surface area contributed by atoms with Gasteiger partial charge in [0.25, 0.3) is 0 Å². The van der Waals surface area contributed by atoms with Crippen molar-refractivity contribution in [2.24, 2.45) is 0 Å². The molecular formula is C23H24N4O4. The second-order valence-electron chi connectivity index (χ2n) is 7.25. The van der Waals surface area contributed by atoms with Crippen molar-refractivity contribution in [3.05, 3.63) is 59.7 Å². The zero-order valence-corrected chi connectivity index (χ0v) is 17.7. The first-order chi connectivity index (χ1) is 15.0. The number of rotatable bonds is 7. The van der Waals surface area contributed by atoms with Gasteiger partial charge in [0, 0.05) is 7.11 Å². The molecular weight excluding hydrogens is 396 g/mol. The lowest BCUT2D eigenvalue weighted by Crippen LogP contribution is -2.20. The zero-order valence-electron chi connectivity index (χ0n) is 17.7. The number of esters is 1. The number of nitrogens with zero attached hydrogens (tertiary/aromatic N) is 3. The number of para-hydroxylation sites is 2. The van der Waals surface area contributed by atoms with Gasteiger partial charge in [-0.15, -0.1) is 0 Å². The topological polar surface area (TPSA) is 101 Å². The molecule has 2 aromatic heterocycles. The minimum atomic E-state index is -0.551. The van der Waals surface area contributed by atoms with Crippen LogP contribution in [0.4, 0.5) is 5.82 Å². The fraction of sp³-hybridized carbons (Fsp3) is 0.261. The highest BCUT2D eigenvalue weighted by Crippen LogP contribution is 2.30. The van der Waals surface area contributed by atoms with Crippen LogP contribution in [0.2, 0.25) is 0 Å².